The zero-order valence-corrected chi connectivity index (χ0v) is 20.6. The maximum absolute atomic E-state index is 12.7. The first kappa shape index (κ1) is 26.8. The van der Waals surface area contributed by atoms with Crippen molar-refractivity contribution in [1.29, 1.82) is 0 Å². The molecule has 0 saturated heterocycles. The van der Waals surface area contributed by atoms with Crippen LogP contribution in [-0.4, -0.2) is 58.4 Å². The highest BCUT2D eigenvalue weighted by atomic mass is 32.2. The van der Waals surface area contributed by atoms with Gasteiger partial charge in [0, 0.05) is 0 Å². The van der Waals surface area contributed by atoms with E-state index in [4.69, 9.17) is 9.47 Å². The Bertz CT molecular complexity index is 1190. The molecule has 2 rings (SSSR count). The molecular weight excluding hydrogens is 488 g/mol. The maximum Gasteiger partial charge on any atom is 0.414 e. The summed E-state index contributed by atoms with van der Waals surface area (Å²) in [6.07, 6.45) is -1.02. The molecule has 0 radical (unpaired) electrons. The number of ether oxygens (including phenoxy) is 3. The molecule has 0 unspecified atom stereocenters. The minimum absolute atomic E-state index is 0.0165. The van der Waals surface area contributed by atoms with E-state index in [1.54, 1.807) is 13.8 Å². The van der Waals surface area contributed by atoms with Crippen LogP contribution in [0.5, 0.6) is 5.75 Å². The molecule has 0 aliphatic heterocycles. The fraction of sp³-hybridized carbons (Fsp3) is 0.333. The fourth-order valence-corrected chi connectivity index (χ4v) is 5.04. The molecule has 1 heterocycles. The van der Waals surface area contributed by atoms with Crippen molar-refractivity contribution in [2.24, 2.45) is 0 Å². The monoisotopic (exact) mass is 512 g/mol. The number of hydrogen-bond acceptors (Lipinski definition) is 10. The predicted molar refractivity (Wildman–Crippen MR) is 123 cm³/mol. The number of thiophene rings is 1. The number of esters is 1. The number of sulfone groups is 1. The molecule has 2 aromatic rings. The summed E-state index contributed by atoms with van der Waals surface area (Å²) in [6, 6.07) is 5.48. The van der Waals surface area contributed by atoms with Gasteiger partial charge in [-0.1, -0.05) is 0 Å². The average Bonchev–Trinajstić information content (AvgIpc) is 3.09. The summed E-state index contributed by atoms with van der Waals surface area (Å²) in [6.45, 7) is 4.67. The van der Waals surface area contributed by atoms with Gasteiger partial charge in [-0.05, 0) is 50.6 Å². The lowest BCUT2D eigenvalue weighted by molar-refractivity contribution is -0.113. The molecule has 11 nitrogen and oxygen atoms in total. The minimum atomic E-state index is -4.02. The summed E-state index contributed by atoms with van der Waals surface area (Å²) < 4.78 is 39.9. The van der Waals surface area contributed by atoms with E-state index < -0.39 is 39.5 Å². The maximum atomic E-state index is 12.7. The molecular formula is C21H24N2O9S2. The van der Waals surface area contributed by atoms with Crippen molar-refractivity contribution in [1.82, 2.24) is 5.32 Å². The number of benzene rings is 1. The Morgan fingerprint density at radius 3 is 2.18 bits per heavy atom. The van der Waals surface area contributed by atoms with E-state index >= 15 is 0 Å². The Kier molecular flexibility index (Phi) is 9.15. The topological polar surface area (TPSA) is 154 Å². The lowest BCUT2D eigenvalue weighted by Crippen LogP contribution is -2.32. The van der Waals surface area contributed by atoms with Gasteiger partial charge in [0.25, 0.3) is 5.91 Å². The zero-order chi connectivity index (χ0) is 25.5. The number of carbonyl (C=O) groups excluding carboxylic acids is 4. The molecule has 2 N–H and O–H groups in total. The summed E-state index contributed by atoms with van der Waals surface area (Å²) in [5, 5.41) is 4.24. The second-order valence-corrected chi connectivity index (χ2v) is 9.65. The Morgan fingerprint density at radius 2 is 1.62 bits per heavy atom. The first-order chi connectivity index (χ1) is 16.0. The van der Waals surface area contributed by atoms with E-state index in [0.717, 1.165) is 11.3 Å². The van der Waals surface area contributed by atoms with Gasteiger partial charge in [-0.3, -0.25) is 14.9 Å². The van der Waals surface area contributed by atoms with Crippen LogP contribution < -0.4 is 15.4 Å². The van der Waals surface area contributed by atoms with E-state index in [9.17, 15) is 27.6 Å². The number of anilines is 1. The molecule has 184 valence electrons. The Hall–Kier alpha value is -3.45. The van der Waals surface area contributed by atoms with Crippen LogP contribution in [0.25, 0.3) is 0 Å². The number of rotatable bonds is 9. The van der Waals surface area contributed by atoms with Crippen LogP contribution >= 0.6 is 11.3 Å². The van der Waals surface area contributed by atoms with Crippen molar-refractivity contribution in [3.05, 3.63) is 40.3 Å². The molecule has 0 aliphatic rings. The van der Waals surface area contributed by atoms with Crippen LogP contribution in [0.15, 0.2) is 29.2 Å². The van der Waals surface area contributed by atoms with Gasteiger partial charge < -0.3 is 19.5 Å². The molecule has 0 fully saturated rings. The van der Waals surface area contributed by atoms with Crippen LogP contribution in [0.3, 0.4) is 0 Å². The molecule has 0 bridgehead atoms. The quantitative estimate of drug-likeness (QED) is 0.482. The number of nitrogens with one attached hydrogen (secondary N) is 2. The third kappa shape index (κ3) is 6.54. The molecule has 1 aromatic heterocycles. The van der Waals surface area contributed by atoms with Crippen LogP contribution in [0.1, 0.15) is 39.4 Å². The van der Waals surface area contributed by atoms with Gasteiger partial charge in [0.15, 0.2) is 9.84 Å². The van der Waals surface area contributed by atoms with Crippen molar-refractivity contribution in [2.75, 3.05) is 31.4 Å². The third-order valence-electron chi connectivity index (χ3n) is 4.32. The van der Waals surface area contributed by atoms with Crippen molar-refractivity contribution < 1.29 is 41.8 Å². The van der Waals surface area contributed by atoms with Gasteiger partial charge in [0.05, 0.1) is 30.8 Å². The molecule has 13 heteroatoms. The van der Waals surface area contributed by atoms with Gasteiger partial charge in [-0.25, -0.2) is 18.0 Å². The lowest BCUT2D eigenvalue weighted by Gasteiger charge is -2.09. The number of alkyl carbamates (subject to hydrolysis) is 1. The number of imide groups is 1. The SMILES string of the molecule is CCOC(=O)NC(=O)c1c(NC(=O)CS(=O)(=O)c2ccc(OC)cc2)sc(C(=O)OCC)c1C. The fourth-order valence-electron chi connectivity index (χ4n) is 2.79. The Labute approximate surface area is 200 Å². The van der Waals surface area contributed by atoms with Crippen LogP contribution in [0.2, 0.25) is 0 Å². The smallest absolute Gasteiger partial charge is 0.414 e. The van der Waals surface area contributed by atoms with Crippen LogP contribution in [-0.2, 0) is 24.1 Å². The highest BCUT2D eigenvalue weighted by Gasteiger charge is 2.29. The van der Waals surface area contributed by atoms with Gasteiger partial charge in [-0.2, -0.15) is 0 Å². The van der Waals surface area contributed by atoms with E-state index in [0.29, 0.717) is 5.75 Å². The van der Waals surface area contributed by atoms with Crippen LogP contribution in [0.4, 0.5) is 9.80 Å². The van der Waals surface area contributed by atoms with Crippen molar-refractivity contribution in [2.45, 2.75) is 25.7 Å². The lowest BCUT2D eigenvalue weighted by atomic mass is 10.1. The van der Waals surface area contributed by atoms with Crippen molar-refractivity contribution in [3.63, 3.8) is 0 Å². The Morgan fingerprint density at radius 1 is 1.00 bits per heavy atom. The summed E-state index contributed by atoms with van der Waals surface area (Å²) in [4.78, 5) is 49.1. The number of amides is 3. The molecule has 34 heavy (non-hydrogen) atoms. The number of methoxy groups -OCH3 is 1. The largest absolute Gasteiger partial charge is 0.497 e. The van der Waals surface area contributed by atoms with E-state index in [-0.39, 0.29) is 39.1 Å². The van der Waals surface area contributed by atoms with Crippen molar-refractivity contribution in [3.8, 4) is 5.75 Å². The average molecular weight is 513 g/mol. The number of hydrogen-bond donors (Lipinski definition) is 2. The third-order valence-corrected chi connectivity index (χ3v) is 7.14. The predicted octanol–water partition coefficient (Wildman–Crippen LogP) is 2.54. The number of carbonyl (C=O) groups is 4. The summed E-state index contributed by atoms with van der Waals surface area (Å²) >= 11 is 0.727. The standard InChI is InChI=1S/C21H24N2O9S2/c1-5-31-20(26)17-12(3)16(18(25)23-21(27)32-6-2)19(33-17)22-15(24)11-34(28,29)14-9-7-13(30-4)8-10-14/h7-10H,5-6,11H2,1-4H3,(H,22,24)(H,23,25,27). The highest BCUT2D eigenvalue weighted by Crippen LogP contribution is 2.34. The molecule has 0 spiro atoms. The molecule has 0 saturated carbocycles. The van der Waals surface area contributed by atoms with Gasteiger partial charge in [0.1, 0.15) is 21.4 Å². The van der Waals surface area contributed by atoms with E-state index in [2.05, 4.69) is 10.1 Å². The van der Waals surface area contributed by atoms with Crippen LogP contribution in [0, 0.1) is 6.92 Å². The first-order valence-corrected chi connectivity index (χ1v) is 12.5. The Balaban J connectivity index is 2.33. The van der Waals surface area contributed by atoms with Gasteiger partial charge in [0.2, 0.25) is 5.91 Å². The molecule has 3 amide bonds. The molecule has 0 atom stereocenters. The van der Waals surface area contributed by atoms with Crippen molar-refractivity contribution >= 4 is 50.1 Å². The minimum Gasteiger partial charge on any atom is -0.497 e. The molecule has 0 aliphatic carbocycles. The summed E-state index contributed by atoms with van der Waals surface area (Å²) in [5.74, 6) is -3.10. The molecule has 1 aromatic carbocycles. The first-order valence-electron chi connectivity index (χ1n) is 9.99. The second-order valence-electron chi connectivity index (χ2n) is 6.64. The zero-order valence-electron chi connectivity index (χ0n) is 18.9. The van der Waals surface area contributed by atoms with Gasteiger partial charge in [-0.15, -0.1) is 11.3 Å². The second kappa shape index (κ2) is 11.6. The summed E-state index contributed by atoms with van der Waals surface area (Å²) in [5.41, 5.74) is -0.0325. The normalized spacial score (nSPS) is 10.8. The van der Waals surface area contributed by atoms with E-state index in [1.807, 2.05) is 5.32 Å². The van der Waals surface area contributed by atoms with E-state index in [1.165, 1.54) is 38.3 Å². The van der Waals surface area contributed by atoms with Gasteiger partial charge >= 0.3 is 12.1 Å². The highest BCUT2D eigenvalue weighted by molar-refractivity contribution is 7.92. The summed E-state index contributed by atoms with van der Waals surface area (Å²) in [7, 11) is -2.59.